The maximum atomic E-state index is 4.03. The van der Waals surface area contributed by atoms with Gasteiger partial charge in [-0.25, -0.2) is 0 Å². The van der Waals surface area contributed by atoms with Crippen molar-refractivity contribution in [3.8, 4) is 0 Å². The molecule has 1 heterocycles. The average molecular weight is 175 g/mol. The van der Waals surface area contributed by atoms with Gasteiger partial charge in [-0.05, 0) is 44.3 Å². The number of hydrogen-bond acceptors (Lipinski definition) is 1. The molecule has 2 rings (SSSR count). The van der Waals surface area contributed by atoms with Crippen LogP contribution in [0, 0.1) is 5.92 Å². The fraction of sp³-hybridized carbons (Fsp3) is 0.500. The summed E-state index contributed by atoms with van der Waals surface area (Å²) in [6.45, 7) is 8.43. The second kappa shape index (κ2) is 3.06. The maximum Gasteiger partial charge on any atom is 0.0335 e. The number of rotatable bonds is 2. The molecule has 1 aliphatic heterocycles. The SMILES string of the molecule is C=C1C=CC(C2CC2)=CN1C(C)C. The number of nitrogens with zero attached hydrogens (tertiary/aromatic N) is 1. The summed E-state index contributed by atoms with van der Waals surface area (Å²) in [5, 5.41) is 0. The topological polar surface area (TPSA) is 3.24 Å². The molecule has 1 heteroatoms. The van der Waals surface area contributed by atoms with E-state index >= 15 is 0 Å². The van der Waals surface area contributed by atoms with E-state index in [4.69, 9.17) is 0 Å². The van der Waals surface area contributed by atoms with Crippen molar-refractivity contribution in [1.29, 1.82) is 0 Å². The van der Waals surface area contributed by atoms with Crippen LogP contribution in [0.2, 0.25) is 0 Å². The van der Waals surface area contributed by atoms with Gasteiger partial charge in [0.2, 0.25) is 0 Å². The van der Waals surface area contributed by atoms with E-state index in [1.807, 2.05) is 0 Å². The molecule has 0 atom stereocenters. The molecule has 1 saturated carbocycles. The molecule has 70 valence electrons. The van der Waals surface area contributed by atoms with Crippen LogP contribution in [-0.4, -0.2) is 10.9 Å². The van der Waals surface area contributed by atoms with E-state index in [0.717, 1.165) is 11.6 Å². The summed E-state index contributed by atoms with van der Waals surface area (Å²) in [5.41, 5.74) is 2.60. The Morgan fingerprint density at radius 1 is 1.38 bits per heavy atom. The summed E-state index contributed by atoms with van der Waals surface area (Å²) in [5.74, 6) is 0.839. The Kier molecular flexibility index (Phi) is 2.03. The maximum absolute atomic E-state index is 4.03. The van der Waals surface area contributed by atoms with Crippen molar-refractivity contribution < 1.29 is 0 Å². The highest BCUT2D eigenvalue weighted by atomic mass is 15.1. The molecule has 0 aromatic rings. The highest BCUT2D eigenvalue weighted by Gasteiger charge is 2.26. The molecule has 0 bridgehead atoms. The summed E-state index contributed by atoms with van der Waals surface area (Å²) >= 11 is 0. The van der Waals surface area contributed by atoms with Gasteiger partial charge >= 0.3 is 0 Å². The third-order valence-corrected chi connectivity index (χ3v) is 2.69. The van der Waals surface area contributed by atoms with Gasteiger partial charge in [0.15, 0.2) is 0 Å². The molecule has 1 nitrogen and oxygen atoms in total. The summed E-state index contributed by atoms with van der Waals surface area (Å²) < 4.78 is 0. The summed E-state index contributed by atoms with van der Waals surface area (Å²) in [6.07, 6.45) is 9.36. The zero-order valence-electron chi connectivity index (χ0n) is 8.46. The standard InChI is InChI=1S/C12H17N/c1-9(2)13-8-12(11-6-7-11)5-4-10(13)3/h4-5,8-9,11H,3,6-7H2,1-2H3. The van der Waals surface area contributed by atoms with E-state index in [2.05, 4.69) is 43.7 Å². The van der Waals surface area contributed by atoms with E-state index in [0.29, 0.717) is 6.04 Å². The first-order chi connectivity index (χ1) is 6.18. The predicted molar refractivity (Wildman–Crippen MR) is 56.1 cm³/mol. The Bertz CT molecular complexity index is 279. The van der Waals surface area contributed by atoms with Crippen LogP contribution in [0.5, 0.6) is 0 Å². The Hall–Kier alpha value is -0.980. The molecule has 0 saturated heterocycles. The molecule has 13 heavy (non-hydrogen) atoms. The molecular formula is C12H17N. The summed E-state index contributed by atoms with van der Waals surface area (Å²) in [4.78, 5) is 2.26. The molecule has 2 aliphatic rings. The van der Waals surface area contributed by atoms with Gasteiger partial charge in [-0.3, -0.25) is 0 Å². The third-order valence-electron chi connectivity index (χ3n) is 2.69. The van der Waals surface area contributed by atoms with Crippen LogP contribution < -0.4 is 0 Å². The van der Waals surface area contributed by atoms with Gasteiger partial charge in [0.05, 0.1) is 0 Å². The van der Waals surface area contributed by atoms with Crippen molar-refractivity contribution in [2.75, 3.05) is 0 Å². The van der Waals surface area contributed by atoms with E-state index < -0.39 is 0 Å². The third kappa shape index (κ3) is 1.69. The molecule has 0 aromatic heterocycles. The Labute approximate surface area is 80.4 Å². The lowest BCUT2D eigenvalue weighted by atomic mass is 10.1. The molecule has 0 aromatic carbocycles. The van der Waals surface area contributed by atoms with Gasteiger partial charge in [0.1, 0.15) is 0 Å². The van der Waals surface area contributed by atoms with Crippen molar-refractivity contribution in [2.24, 2.45) is 5.92 Å². The zero-order valence-corrected chi connectivity index (χ0v) is 8.46. The van der Waals surface area contributed by atoms with Gasteiger partial charge < -0.3 is 4.90 Å². The highest BCUT2D eigenvalue weighted by molar-refractivity contribution is 5.36. The van der Waals surface area contributed by atoms with Crippen LogP contribution in [-0.2, 0) is 0 Å². The largest absolute Gasteiger partial charge is 0.346 e. The Morgan fingerprint density at radius 2 is 2.08 bits per heavy atom. The van der Waals surface area contributed by atoms with E-state index in [-0.39, 0.29) is 0 Å². The summed E-state index contributed by atoms with van der Waals surface area (Å²) in [7, 11) is 0. The smallest absolute Gasteiger partial charge is 0.0335 e. The molecule has 0 N–H and O–H groups in total. The lowest BCUT2D eigenvalue weighted by Crippen LogP contribution is -2.25. The fourth-order valence-corrected chi connectivity index (χ4v) is 1.70. The van der Waals surface area contributed by atoms with Crippen LogP contribution in [0.4, 0.5) is 0 Å². The van der Waals surface area contributed by atoms with Gasteiger partial charge in [-0.15, -0.1) is 0 Å². The van der Waals surface area contributed by atoms with Crippen molar-refractivity contribution in [2.45, 2.75) is 32.7 Å². The van der Waals surface area contributed by atoms with Crippen LogP contribution in [0.25, 0.3) is 0 Å². The Balaban J connectivity index is 2.17. The van der Waals surface area contributed by atoms with E-state index in [1.54, 1.807) is 0 Å². The number of hydrogen-bond donors (Lipinski definition) is 0. The lowest BCUT2D eigenvalue weighted by Gasteiger charge is -2.29. The lowest BCUT2D eigenvalue weighted by molar-refractivity contribution is 0.389. The van der Waals surface area contributed by atoms with Gasteiger partial charge in [-0.1, -0.05) is 12.7 Å². The van der Waals surface area contributed by atoms with Crippen LogP contribution >= 0.6 is 0 Å². The van der Waals surface area contributed by atoms with Gasteiger partial charge in [0, 0.05) is 17.9 Å². The Morgan fingerprint density at radius 3 is 2.62 bits per heavy atom. The zero-order chi connectivity index (χ0) is 9.42. The van der Waals surface area contributed by atoms with Crippen molar-refractivity contribution in [1.82, 2.24) is 4.90 Å². The number of allylic oxidation sites excluding steroid dienone is 3. The van der Waals surface area contributed by atoms with Crippen LogP contribution in [0.3, 0.4) is 0 Å². The molecule has 0 unspecified atom stereocenters. The second-order valence-electron chi connectivity index (χ2n) is 4.23. The minimum atomic E-state index is 0.520. The van der Waals surface area contributed by atoms with Gasteiger partial charge in [-0.2, -0.15) is 0 Å². The van der Waals surface area contributed by atoms with Crippen molar-refractivity contribution in [3.63, 3.8) is 0 Å². The second-order valence-corrected chi connectivity index (χ2v) is 4.23. The molecule has 1 fully saturated rings. The monoisotopic (exact) mass is 175 g/mol. The van der Waals surface area contributed by atoms with Crippen molar-refractivity contribution in [3.05, 3.63) is 36.2 Å². The van der Waals surface area contributed by atoms with Crippen molar-refractivity contribution >= 4 is 0 Å². The van der Waals surface area contributed by atoms with E-state index in [1.165, 1.54) is 18.4 Å². The predicted octanol–water partition coefficient (Wildman–Crippen LogP) is 3.07. The van der Waals surface area contributed by atoms with E-state index in [9.17, 15) is 0 Å². The molecule has 0 radical (unpaired) electrons. The fourth-order valence-electron chi connectivity index (χ4n) is 1.70. The first-order valence-electron chi connectivity index (χ1n) is 5.05. The minimum Gasteiger partial charge on any atom is -0.346 e. The van der Waals surface area contributed by atoms with Gasteiger partial charge in [0.25, 0.3) is 0 Å². The average Bonchev–Trinajstić information content (AvgIpc) is 2.87. The first-order valence-corrected chi connectivity index (χ1v) is 5.05. The van der Waals surface area contributed by atoms with Crippen LogP contribution in [0.1, 0.15) is 26.7 Å². The van der Waals surface area contributed by atoms with Crippen LogP contribution in [0.15, 0.2) is 36.2 Å². The minimum absolute atomic E-state index is 0.520. The molecule has 0 spiro atoms. The normalized spacial score (nSPS) is 22.5. The summed E-state index contributed by atoms with van der Waals surface area (Å²) in [6, 6.07) is 0.520. The highest BCUT2D eigenvalue weighted by Crippen LogP contribution is 2.39. The quantitative estimate of drug-likeness (QED) is 0.623. The molecule has 0 amide bonds. The molecule has 1 aliphatic carbocycles. The first kappa shape index (κ1) is 8.61. The molecular weight excluding hydrogens is 158 g/mol.